The zero-order chi connectivity index (χ0) is 8.77. The van der Waals surface area contributed by atoms with Crippen LogP contribution in [0.4, 0.5) is 0 Å². The largest absolute Gasteiger partial charge is 0.394 e. The van der Waals surface area contributed by atoms with E-state index in [-0.39, 0.29) is 18.3 Å². The Bertz CT molecular complexity index is 212. The van der Waals surface area contributed by atoms with Crippen LogP contribution in [0.5, 0.6) is 0 Å². The van der Waals surface area contributed by atoms with Crippen molar-refractivity contribution >= 4 is 0 Å². The molecule has 1 aliphatic carbocycles. The van der Waals surface area contributed by atoms with Gasteiger partial charge in [-0.25, -0.2) is 0 Å². The maximum absolute atomic E-state index is 8.96. The summed E-state index contributed by atoms with van der Waals surface area (Å²) in [6.45, 7) is 6.41. The Balaban J connectivity index is 2.09. The highest BCUT2D eigenvalue weighted by Crippen LogP contribution is 2.52. The van der Waals surface area contributed by atoms with Crippen molar-refractivity contribution in [1.29, 1.82) is 0 Å². The normalized spacial score (nSPS) is 46.7. The molecule has 68 valence electrons. The predicted molar refractivity (Wildman–Crippen MR) is 46.8 cm³/mol. The standard InChI is InChI=1S/C10H16O2/c1-7-3-4-8(2)10(5-7)9(6-11)12-10/h7,9,11H,2-6H2,1H3. The molecule has 1 heterocycles. The molecule has 0 aromatic heterocycles. The van der Waals surface area contributed by atoms with Crippen LogP contribution in [-0.4, -0.2) is 23.4 Å². The van der Waals surface area contributed by atoms with Crippen molar-refractivity contribution in [3.05, 3.63) is 12.2 Å². The van der Waals surface area contributed by atoms with Crippen molar-refractivity contribution in [2.75, 3.05) is 6.61 Å². The minimum Gasteiger partial charge on any atom is -0.394 e. The second-order valence-corrected chi connectivity index (χ2v) is 4.13. The van der Waals surface area contributed by atoms with Gasteiger partial charge in [-0.1, -0.05) is 13.5 Å². The van der Waals surface area contributed by atoms with E-state index in [0.717, 1.165) is 12.8 Å². The summed E-state index contributed by atoms with van der Waals surface area (Å²) >= 11 is 0. The average molecular weight is 168 g/mol. The number of ether oxygens (including phenoxy) is 1. The van der Waals surface area contributed by atoms with Crippen molar-refractivity contribution < 1.29 is 9.84 Å². The first-order chi connectivity index (χ1) is 5.69. The Labute approximate surface area is 73.2 Å². The zero-order valence-corrected chi connectivity index (χ0v) is 7.55. The number of rotatable bonds is 1. The molecule has 1 spiro atoms. The van der Waals surface area contributed by atoms with Crippen LogP contribution < -0.4 is 0 Å². The van der Waals surface area contributed by atoms with E-state index in [9.17, 15) is 0 Å². The van der Waals surface area contributed by atoms with Gasteiger partial charge in [-0.2, -0.15) is 0 Å². The van der Waals surface area contributed by atoms with Gasteiger partial charge < -0.3 is 9.84 Å². The van der Waals surface area contributed by atoms with E-state index in [0.29, 0.717) is 5.92 Å². The fraction of sp³-hybridized carbons (Fsp3) is 0.800. The smallest absolute Gasteiger partial charge is 0.118 e. The minimum absolute atomic E-state index is 0.0488. The molecule has 2 nitrogen and oxygen atoms in total. The lowest BCUT2D eigenvalue weighted by molar-refractivity contribution is 0.225. The molecule has 0 aromatic rings. The lowest BCUT2D eigenvalue weighted by Crippen LogP contribution is -2.27. The summed E-state index contributed by atoms with van der Waals surface area (Å²) < 4.78 is 5.53. The van der Waals surface area contributed by atoms with Crippen LogP contribution in [0.25, 0.3) is 0 Å². The fourth-order valence-corrected chi connectivity index (χ4v) is 2.29. The zero-order valence-electron chi connectivity index (χ0n) is 7.55. The molecule has 1 aliphatic heterocycles. The van der Waals surface area contributed by atoms with Crippen LogP contribution >= 0.6 is 0 Å². The van der Waals surface area contributed by atoms with Gasteiger partial charge in [0.25, 0.3) is 0 Å². The van der Waals surface area contributed by atoms with Crippen molar-refractivity contribution in [2.24, 2.45) is 5.92 Å². The van der Waals surface area contributed by atoms with Crippen LogP contribution in [0.15, 0.2) is 12.2 Å². The monoisotopic (exact) mass is 168 g/mol. The van der Waals surface area contributed by atoms with E-state index in [4.69, 9.17) is 9.84 Å². The first-order valence-electron chi connectivity index (χ1n) is 4.66. The van der Waals surface area contributed by atoms with Gasteiger partial charge in [-0.15, -0.1) is 0 Å². The van der Waals surface area contributed by atoms with E-state index in [1.165, 1.54) is 12.0 Å². The molecule has 2 aliphatic rings. The van der Waals surface area contributed by atoms with Gasteiger partial charge in [-0.05, 0) is 30.8 Å². The highest BCUT2D eigenvalue weighted by Gasteiger charge is 2.59. The molecular weight excluding hydrogens is 152 g/mol. The molecule has 3 atom stereocenters. The molecule has 3 unspecified atom stereocenters. The molecule has 12 heavy (non-hydrogen) atoms. The van der Waals surface area contributed by atoms with Gasteiger partial charge in [0.2, 0.25) is 0 Å². The summed E-state index contributed by atoms with van der Waals surface area (Å²) in [5.41, 5.74) is 1.08. The topological polar surface area (TPSA) is 32.8 Å². The first-order valence-corrected chi connectivity index (χ1v) is 4.66. The van der Waals surface area contributed by atoms with Gasteiger partial charge >= 0.3 is 0 Å². The van der Waals surface area contributed by atoms with Crippen LogP contribution in [0.3, 0.4) is 0 Å². The third-order valence-electron chi connectivity index (χ3n) is 3.17. The maximum atomic E-state index is 8.96. The summed E-state index contributed by atoms with van der Waals surface area (Å²) in [7, 11) is 0. The molecule has 2 heteroatoms. The molecular formula is C10H16O2. The summed E-state index contributed by atoms with van der Waals surface area (Å²) in [5, 5.41) is 8.96. The Morgan fingerprint density at radius 3 is 3.08 bits per heavy atom. The molecule has 1 saturated heterocycles. The van der Waals surface area contributed by atoms with Gasteiger partial charge in [0, 0.05) is 0 Å². The molecule has 1 saturated carbocycles. The summed E-state index contributed by atoms with van der Waals surface area (Å²) in [5.74, 6) is 0.715. The number of hydrogen-bond donors (Lipinski definition) is 1. The molecule has 2 rings (SSSR count). The van der Waals surface area contributed by atoms with Gasteiger partial charge in [0.05, 0.1) is 6.61 Å². The van der Waals surface area contributed by atoms with Crippen molar-refractivity contribution in [3.63, 3.8) is 0 Å². The van der Waals surface area contributed by atoms with Crippen molar-refractivity contribution in [2.45, 2.75) is 37.9 Å². The van der Waals surface area contributed by atoms with Gasteiger partial charge in [-0.3, -0.25) is 0 Å². The van der Waals surface area contributed by atoms with E-state index in [2.05, 4.69) is 13.5 Å². The fourth-order valence-electron chi connectivity index (χ4n) is 2.29. The first kappa shape index (κ1) is 8.27. The second kappa shape index (κ2) is 2.57. The molecule has 0 aromatic carbocycles. The third kappa shape index (κ3) is 1.02. The highest BCUT2D eigenvalue weighted by molar-refractivity contribution is 5.27. The highest BCUT2D eigenvalue weighted by atomic mass is 16.6. The van der Waals surface area contributed by atoms with E-state index < -0.39 is 0 Å². The SMILES string of the molecule is C=C1CCC(C)CC12OC2CO. The molecule has 0 bridgehead atoms. The Hall–Kier alpha value is -0.340. The van der Waals surface area contributed by atoms with Crippen LogP contribution in [0.2, 0.25) is 0 Å². The number of aliphatic hydroxyl groups is 1. The summed E-state index contributed by atoms with van der Waals surface area (Å²) in [4.78, 5) is 0. The summed E-state index contributed by atoms with van der Waals surface area (Å²) in [6.07, 6.45) is 3.39. The Kier molecular flexibility index (Phi) is 1.77. The predicted octanol–water partition coefficient (Wildman–Crippen LogP) is 1.49. The maximum Gasteiger partial charge on any atom is 0.118 e. The lowest BCUT2D eigenvalue weighted by atomic mass is 9.77. The number of aliphatic hydroxyl groups excluding tert-OH is 1. The van der Waals surface area contributed by atoms with Crippen molar-refractivity contribution in [3.8, 4) is 0 Å². The van der Waals surface area contributed by atoms with Crippen LogP contribution in [0, 0.1) is 5.92 Å². The van der Waals surface area contributed by atoms with Crippen molar-refractivity contribution in [1.82, 2.24) is 0 Å². The Morgan fingerprint density at radius 2 is 2.50 bits per heavy atom. The van der Waals surface area contributed by atoms with Crippen LogP contribution in [-0.2, 0) is 4.74 Å². The Morgan fingerprint density at radius 1 is 1.75 bits per heavy atom. The number of hydrogen-bond acceptors (Lipinski definition) is 2. The average Bonchev–Trinajstić information content (AvgIpc) is 2.73. The molecule has 0 radical (unpaired) electrons. The number of epoxide rings is 1. The minimum atomic E-state index is -0.119. The molecule has 2 fully saturated rings. The lowest BCUT2D eigenvalue weighted by Gasteiger charge is -2.26. The second-order valence-electron chi connectivity index (χ2n) is 4.13. The molecule has 1 N–H and O–H groups in total. The van der Waals surface area contributed by atoms with Gasteiger partial charge in [0.15, 0.2) is 0 Å². The third-order valence-corrected chi connectivity index (χ3v) is 3.17. The van der Waals surface area contributed by atoms with E-state index >= 15 is 0 Å². The van der Waals surface area contributed by atoms with E-state index in [1.54, 1.807) is 0 Å². The summed E-state index contributed by atoms with van der Waals surface area (Å²) in [6, 6.07) is 0. The quantitative estimate of drug-likeness (QED) is 0.475. The molecule has 0 amide bonds. The van der Waals surface area contributed by atoms with Gasteiger partial charge in [0.1, 0.15) is 11.7 Å². The van der Waals surface area contributed by atoms with Crippen LogP contribution in [0.1, 0.15) is 26.2 Å². The van der Waals surface area contributed by atoms with E-state index in [1.807, 2.05) is 0 Å².